The smallest absolute Gasteiger partial charge is 0.0165 e. The summed E-state index contributed by atoms with van der Waals surface area (Å²) in [6.07, 6.45) is 0. The molecule has 47 heavy (non-hydrogen) atoms. The Hall–Kier alpha value is -5.72. The third-order valence-electron chi connectivity index (χ3n) is 10.8. The maximum atomic E-state index is 2.52. The van der Waals surface area contributed by atoms with Crippen LogP contribution in [0.25, 0.3) is 87.2 Å². The molecule has 0 N–H and O–H groups in total. The van der Waals surface area contributed by atoms with Gasteiger partial charge in [-0.2, -0.15) is 0 Å². The van der Waals surface area contributed by atoms with E-state index in [1.54, 1.807) is 0 Å². The van der Waals surface area contributed by atoms with Crippen molar-refractivity contribution in [2.24, 2.45) is 0 Å². The molecule has 0 fully saturated rings. The Labute approximate surface area is 274 Å². The summed E-state index contributed by atoms with van der Waals surface area (Å²) >= 11 is 0. The van der Waals surface area contributed by atoms with E-state index in [0.717, 1.165) is 0 Å². The number of benzene rings is 9. The molecule has 220 valence electrons. The standard InChI is InChI=1S/C47H32/c1-47(2)43-28-35(44-37-17-9-7-15-33(37)26-42-36-16-8-5-12-30(36)21-23-39(42)44)27-41(34-20-19-29-11-3-4-14-32(29)25-34)45(43)40-24-22-31-13-6-10-18-38(31)46(40)47/h3-28H,1-2H3. The minimum absolute atomic E-state index is 0.180. The molecule has 1 aliphatic rings. The fourth-order valence-corrected chi connectivity index (χ4v) is 8.57. The molecule has 0 atom stereocenters. The molecule has 0 aliphatic heterocycles. The van der Waals surface area contributed by atoms with Crippen LogP contribution >= 0.6 is 0 Å². The van der Waals surface area contributed by atoms with Gasteiger partial charge in [0.2, 0.25) is 0 Å². The summed E-state index contributed by atoms with van der Waals surface area (Å²) < 4.78 is 0. The molecule has 0 amide bonds. The first-order valence-electron chi connectivity index (χ1n) is 16.6. The zero-order chi connectivity index (χ0) is 31.3. The van der Waals surface area contributed by atoms with Crippen LogP contribution in [0.1, 0.15) is 25.0 Å². The van der Waals surface area contributed by atoms with Crippen LogP contribution in [0.5, 0.6) is 0 Å². The Bertz CT molecular complexity index is 2760. The van der Waals surface area contributed by atoms with Crippen molar-refractivity contribution in [3.63, 3.8) is 0 Å². The van der Waals surface area contributed by atoms with Crippen molar-refractivity contribution >= 4 is 53.9 Å². The normalized spacial score (nSPS) is 13.5. The highest BCUT2D eigenvalue weighted by molar-refractivity contribution is 6.20. The molecule has 0 nitrogen and oxygen atoms in total. The van der Waals surface area contributed by atoms with Crippen LogP contribution in [0, 0.1) is 0 Å². The van der Waals surface area contributed by atoms with Gasteiger partial charge in [0.25, 0.3) is 0 Å². The van der Waals surface area contributed by atoms with Gasteiger partial charge in [0.05, 0.1) is 0 Å². The monoisotopic (exact) mass is 596 g/mol. The first kappa shape index (κ1) is 26.5. The third-order valence-corrected chi connectivity index (χ3v) is 10.8. The fraction of sp³-hybridized carbons (Fsp3) is 0.0638. The number of fused-ring (bicyclic) bond motifs is 10. The van der Waals surface area contributed by atoms with E-state index in [-0.39, 0.29) is 5.41 Å². The zero-order valence-electron chi connectivity index (χ0n) is 26.5. The van der Waals surface area contributed by atoms with Gasteiger partial charge in [-0.05, 0) is 123 Å². The predicted molar refractivity (Wildman–Crippen MR) is 202 cm³/mol. The lowest BCUT2D eigenvalue weighted by Crippen LogP contribution is -2.15. The van der Waals surface area contributed by atoms with Gasteiger partial charge in [-0.15, -0.1) is 0 Å². The Kier molecular flexibility index (Phi) is 5.44. The van der Waals surface area contributed by atoms with Gasteiger partial charge in [0, 0.05) is 5.41 Å². The second-order valence-electron chi connectivity index (χ2n) is 13.7. The van der Waals surface area contributed by atoms with Crippen LogP contribution in [-0.4, -0.2) is 0 Å². The number of hydrogen-bond acceptors (Lipinski definition) is 0. The van der Waals surface area contributed by atoms with E-state index in [9.17, 15) is 0 Å². The van der Waals surface area contributed by atoms with Crippen molar-refractivity contribution in [3.05, 3.63) is 169 Å². The molecule has 0 unspecified atom stereocenters. The van der Waals surface area contributed by atoms with Crippen LogP contribution in [0.3, 0.4) is 0 Å². The minimum Gasteiger partial charge on any atom is -0.0616 e. The van der Waals surface area contributed by atoms with Crippen LogP contribution in [0.15, 0.2) is 158 Å². The summed E-state index contributed by atoms with van der Waals surface area (Å²) in [6.45, 7) is 4.85. The maximum absolute atomic E-state index is 2.52. The number of rotatable bonds is 2. The second kappa shape index (κ2) is 9.64. The average molecular weight is 597 g/mol. The molecule has 9 aromatic rings. The summed E-state index contributed by atoms with van der Waals surface area (Å²) in [6, 6.07) is 59.0. The molecule has 0 aromatic heterocycles. The molecule has 0 saturated carbocycles. The van der Waals surface area contributed by atoms with Crippen LogP contribution in [0.2, 0.25) is 0 Å². The highest BCUT2D eigenvalue weighted by Crippen LogP contribution is 2.56. The maximum Gasteiger partial charge on any atom is 0.0165 e. The third kappa shape index (κ3) is 3.76. The zero-order valence-corrected chi connectivity index (χ0v) is 26.5. The van der Waals surface area contributed by atoms with Crippen molar-refractivity contribution < 1.29 is 0 Å². The van der Waals surface area contributed by atoms with Crippen molar-refractivity contribution in [3.8, 4) is 33.4 Å². The molecule has 0 bridgehead atoms. The molecule has 9 aromatic carbocycles. The summed E-state index contributed by atoms with van der Waals surface area (Å²) in [7, 11) is 0. The minimum atomic E-state index is -0.180. The summed E-state index contributed by atoms with van der Waals surface area (Å²) in [5.74, 6) is 0. The largest absolute Gasteiger partial charge is 0.0616 e. The van der Waals surface area contributed by atoms with E-state index >= 15 is 0 Å². The average Bonchev–Trinajstić information content (AvgIpc) is 3.36. The summed E-state index contributed by atoms with van der Waals surface area (Å²) in [5, 5.41) is 12.9. The van der Waals surface area contributed by atoms with Gasteiger partial charge < -0.3 is 0 Å². The number of hydrogen-bond donors (Lipinski definition) is 0. The summed E-state index contributed by atoms with van der Waals surface area (Å²) in [5.41, 5.74) is 10.5. The van der Waals surface area contributed by atoms with E-state index in [0.29, 0.717) is 0 Å². The van der Waals surface area contributed by atoms with Gasteiger partial charge in [-0.1, -0.05) is 147 Å². The van der Waals surface area contributed by atoms with E-state index in [2.05, 4.69) is 172 Å². The highest BCUT2D eigenvalue weighted by Gasteiger charge is 2.39. The van der Waals surface area contributed by atoms with Crippen molar-refractivity contribution in [1.82, 2.24) is 0 Å². The Morgan fingerprint density at radius 2 is 0.957 bits per heavy atom. The van der Waals surface area contributed by atoms with E-state index in [4.69, 9.17) is 0 Å². The molecule has 0 heteroatoms. The Morgan fingerprint density at radius 1 is 0.340 bits per heavy atom. The Balaban J connectivity index is 1.36. The topological polar surface area (TPSA) is 0 Å². The molecule has 0 heterocycles. The molecule has 0 saturated heterocycles. The lowest BCUT2D eigenvalue weighted by molar-refractivity contribution is 0.666. The quantitative estimate of drug-likeness (QED) is 0.138. The van der Waals surface area contributed by atoms with Crippen LogP contribution < -0.4 is 0 Å². The van der Waals surface area contributed by atoms with Crippen molar-refractivity contribution in [2.75, 3.05) is 0 Å². The lowest BCUT2D eigenvalue weighted by atomic mass is 9.78. The van der Waals surface area contributed by atoms with Gasteiger partial charge in [0.15, 0.2) is 0 Å². The van der Waals surface area contributed by atoms with Crippen LogP contribution in [-0.2, 0) is 5.41 Å². The van der Waals surface area contributed by atoms with Gasteiger partial charge >= 0.3 is 0 Å². The van der Waals surface area contributed by atoms with E-state index < -0.39 is 0 Å². The first-order chi connectivity index (χ1) is 23.1. The van der Waals surface area contributed by atoms with E-state index in [1.807, 2.05) is 0 Å². The summed E-state index contributed by atoms with van der Waals surface area (Å²) in [4.78, 5) is 0. The second-order valence-corrected chi connectivity index (χ2v) is 13.7. The molecular formula is C47H32. The first-order valence-corrected chi connectivity index (χ1v) is 16.6. The fourth-order valence-electron chi connectivity index (χ4n) is 8.57. The van der Waals surface area contributed by atoms with Crippen molar-refractivity contribution in [2.45, 2.75) is 19.3 Å². The molecule has 0 spiro atoms. The highest BCUT2D eigenvalue weighted by atomic mass is 14.4. The van der Waals surface area contributed by atoms with Crippen molar-refractivity contribution in [1.29, 1.82) is 0 Å². The van der Waals surface area contributed by atoms with Crippen LogP contribution in [0.4, 0.5) is 0 Å². The van der Waals surface area contributed by atoms with Gasteiger partial charge in [-0.25, -0.2) is 0 Å². The van der Waals surface area contributed by atoms with E-state index in [1.165, 1.54) is 98.4 Å². The molecule has 0 radical (unpaired) electrons. The molecule has 10 rings (SSSR count). The Morgan fingerprint density at radius 3 is 1.77 bits per heavy atom. The van der Waals surface area contributed by atoms with Gasteiger partial charge in [0.1, 0.15) is 0 Å². The molecule has 1 aliphatic carbocycles. The predicted octanol–water partition coefficient (Wildman–Crippen LogP) is 13.1. The SMILES string of the molecule is CC1(C)c2cc(-c3c4ccccc4cc4c3ccc3ccccc34)cc(-c3ccc4ccccc4c3)c2-c2ccc3ccccc3c21. The lowest BCUT2D eigenvalue weighted by Gasteiger charge is -2.25. The van der Waals surface area contributed by atoms with Gasteiger partial charge in [-0.3, -0.25) is 0 Å². The molecular weight excluding hydrogens is 565 g/mol.